The third kappa shape index (κ3) is 5.04. The van der Waals surface area contributed by atoms with Gasteiger partial charge in [0.2, 0.25) is 5.91 Å². The summed E-state index contributed by atoms with van der Waals surface area (Å²) < 4.78 is 13.7. The van der Waals surface area contributed by atoms with Crippen LogP contribution in [0.2, 0.25) is 0 Å². The molecular weight excluding hydrogens is 401 g/mol. The maximum Gasteiger partial charge on any atom is 0.229 e. The number of carbonyl (C=O) groups excluding carboxylic acids is 1. The van der Waals surface area contributed by atoms with Gasteiger partial charge < -0.3 is 15.2 Å². The highest BCUT2D eigenvalue weighted by molar-refractivity contribution is 5.94. The number of hydrogen-bond acceptors (Lipinski definition) is 2. The molecule has 1 amide bonds. The largest absolute Gasteiger partial charge is 0.361 e. The van der Waals surface area contributed by atoms with Gasteiger partial charge >= 0.3 is 0 Å². The first-order chi connectivity index (χ1) is 15.2. The normalized spacial score (nSPS) is 15.9. The standard InChI is InChI=1S/C27H34FN3O/c1-18-5-7-22(30-26(32)27(2,3)4)15-20(18)11-14-31-12-9-19(10-13-31)24-17-29-25-8-6-21(28)16-23(24)25/h5-8,15-17,19,29H,9-14H2,1-4H3,(H,30,32). The van der Waals surface area contributed by atoms with Crippen molar-refractivity contribution in [1.82, 2.24) is 9.88 Å². The van der Waals surface area contributed by atoms with Gasteiger partial charge in [0.15, 0.2) is 0 Å². The highest BCUT2D eigenvalue weighted by atomic mass is 19.1. The molecule has 4 nitrogen and oxygen atoms in total. The van der Waals surface area contributed by atoms with Crippen LogP contribution in [0.1, 0.15) is 56.2 Å². The number of benzene rings is 2. The first-order valence-corrected chi connectivity index (χ1v) is 11.6. The number of amides is 1. The maximum atomic E-state index is 13.7. The summed E-state index contributed by atoms with van der Waals surface area (Å²) in [4.78, 5) is 18.1. The van der Waals surface area contributed by atoms with E-state index in [2.05, 4.69) is 40.5 Å². The monoisotopic (exact) mass is 435 g/mol. The van der Waals surface area contributed by atoms with Gasteiger partial charge in [-0.1, -0.05) is 26.8 Å². The maximum absolute atomic E-state index is 13.7. The van der Waals surface area contributed by atoms with Gasteiger partial charge in [-0.15, -0.1) is 0 Å². The Bertz CT molecular complexity index is 1100. The summed E-state index contributed by atoms with van der Waals surface area (Å²) in [7, 11) is 0. The van der Waals surface area contributed by atoms with E-state index < -0.39 is 5.41 Å². The van der Waals surface area contributed by atoms with E-state index in [0.29, 0.717) is 5.92 Å². The number of anilines is 1. The fourth-order valence-electron chi connectivity index (χ4n) is 4.54. The van der Waals surface area contributed by atoms with E-state index in [9.17, 15) is 9.18 Å². The molecule has 1 aliphatic rings. The van der Waals surface area contributed by atoms with Crippen molar-refractivity contribution in [3.63, 3.8) is 0 Å². The van der Waals surface area contributed by atoms with Crippen LogP contribution >= 0.6 is 0 Å². The Balaban J connectivity index is 1.34. The molecule has 2 aromatic carbocycles. The van der Waals surface area contributed by atoms with Crippen molar-refractivity contribution < 1.29 is 9.18 Å². The Labute approximate surface area is 190 Å². The van der Waals surface area contributed by atoms with E-state index in [1.165, 1.54) is 22.8 Å². The van der Waals surface area contributed by atoms with Crippen molar-refractivity contribution in [2.24, 2.45) is 5.41 Å². The molecule has 2 N–H and O–H groups in total. The second-order valence-corrected chi connectivity index (χ2v) is 10.1. The summed E-state index contributed by atoms with van der Waals surface area (Å²) in [5, 5.41) is 4.07. The minimum Gasteiger partial charge on any atom is -0.361 e. The number of aromatic nitrogens is 1. The van der Waals surface area contributed by atoms with Crippen LogP contribution in [-0.4, -0.2) is 35.4 Å². The molecule has 1 aromatic heterocycles. The Morgan fingerprint density at radius 2 is 1.91 bits per heavy atom. The third-order valence-corrected chi connectivity index (χ3v) is 6.69. The molecule has 170 valence electrons. The Morgan fingerprint density at radius 1 is 1.16 bits per heavy atom. The van der Waals surface area contributed by atoms with Crippen LogP contribution in [0.4, 0.5) is 10.1 Å². The highest BCUT2D eigenvalue weighted by Crippen LogP contribution is 2.33. The number of halogens is 1. The molecule has 0 unspecified atom stereocenters. The number of rotatable bonds is 5. The number of aryl methyl sites for hydroxylation is 1. The van der Waals surface area contributed by atoms with Gasteiger partial charge in [0.1, 0.15) is 5.82 Å². The molecule has 2 heterocycles. The number of carbonyl (C=O) groups is 1. The molecule has 0 saturated carbocycles. The molecular formula is C27H34FN3O. The first kappa shape index (κ1) is 22.5. The van der Waals surface area contributed by atoms with Crippen molar-refractivity contribution in [1.29, 1.82) is 0 Å². The zero-order valence-electron chi connectivity index (χ0n) is 19.6. The number of H-pyrrole nitrogens is 1. The lowest BCUT2D eigenvalue weighted by atomic mass is 9.89. The van der Waals surface area contributed by atoms with E-state index >= 15 is 0 Å². The summed E-state index contributed by atoms with van der Waals surface area (Å²) >= 11 is 0. The molecule has 1 fully saturated rings. The number of fused-ring (bicyclic) bond motifs is 1. The lowest BCUT2D eigenvalue weighted by Crippen LogP contribution is -2.34. The third-order valence-electron chi connectivity index (χ3n) is 6.69. The van der Waals surface area contributed by atoms with Crippen LogP contribution in [0.5, 0.6) is 0 Å². The Hall–Kier alpha value is -2.66. The lowest BCUT2D eigenvalue weighted by Gasteiger charge is -2.32. The summed E-state index contributed by atoms with van der Waals surface area (Å²) in [6.45, 7) is 11.0. The minimum absolute atomic E-state index is 0.0338. The van der Waals surface area contributed by atoms with Gasteiger partial charge in [-0.05, 0) is 92.2 Å². The highest BCUT2D eigenvalue weighted by Gasteiger charge is 2.23. The number of likely N-dealkylation sites (tertiary alicyclic amines) is 1. The van der Waals surface area contributed by atoms with Crippen LogP contribution in [0.15, 0.2) is 42.6 Å². The van der Waals surface area contributed by atoms with Gasteiger partial charge in [-0.25, -0.2) is 4.39 Å². The summed E-state index contributed by atoms with van der Waals surface area (Å²) in [5.74, 6) is 0.332. The van der Waals surface area contributed by atoms with Crippen LogP contribution in [0.25, 0.3) is 10.9 Å². The predicted molar refractivity (Wildman–Crippen MR) is 130 cm³/mol. The summed E-state index contributed by atoms with van der Waals surface area (Å²) in [6, 6.07) is 11.2. The van der Waals surface area contributed by atoms with Crippen LogP contribution in [-0.2, 0) is 11.2 Å². The van der Waals surface area contributed by atoms with Gasteiger partial charge in [-0.2, -0.15) is 0 Å². The first-order valence-electron chi connectivity index (χ1n) is 11.6. The minimum atomic E-state index is -0.411. The molecule has 0 spiro atoms. The zero-order chi connectivity index (χ0) is 22.9. The van der Waals surface area contributed by atoms with E-state index in [0.717, 1.165) is 55.5 Å². The Kier molecular flexibility index (Phi) is 6.38. The van der Waals surface area contributed by atoms with Gasteiger partial charge in [0.05, 0.1) is 0 Å². The molecule has 32 heavy (non-hydrogen) atoms. The quantitative estimate of drug-likeness (QED) is 0.515. The smallest absolute Gasteiger partial charge is 0.229 e. The van der Waals surface area contributed by atoms with Crippen molar-refractivity contribution in [2.75, 3.05) is 25.0 Å². The zero-order valence-corrected chi connectivity index (χ0v) is 19.6. The van der Waals surface area contributed by atoms with Gasteiger partial charge in [0.25, 0.3) is 0 Å². The molecule has 0 atom stereocenters. The second-order valence-electron chi connectivity index (χ2n) is 10.1. The van der Waals surface area contributed by atoms with Crippen LogP contribution in [0, 0.1) is 18.2 Å². The van der Waals surface area contributed by atoms with E-state index in [1.54, 1.807) is 6.07 Å². The molecule has 3 aromatic rings. The number of aromatic amines is 1. The van der Waals surface area contributed by atoms with Crippen molar-refractivity contribution in [3.05, 3.63) is 65.1 Å². The Morgan fingerprint density at radius 3 is 2.62 bits per heavy atom. The molecule has 0 aliphatic carbocycles. The molecule has 0 radical (unpaired) electrons. The van der Waals surface area contributed by atoms with Gasteiger partial charge in [-0.3, -0.25) is 4.79 Å². The van der Waals surface area contributed by atoms with E-state index in [4.69, 9.17) is 0 Å². The second kappa shape index (κ2) is 9.07. The molecule has 1 saturated heterocycles. The molecule has 5 heteroatoms. The van der Waals surface area contributed by atoms with Crippen molar-refractivity contribution in [3.8, 4) is 0 Å². The number of piperidine rings is 1. The average Bonchev–Trinajstić information content (AvgIpc) is 3.17. The molecule has 0 bridgehead atoms. The average molecular weight is 436 g/mol. The SMILES string of the molecule is Cc1ccc(NC(=O)C(C)(C)C)cc1CCN1CCC(c2c[nH]c3ccc(F)cc23)CC1. The van der Waals surface area contributed by atoms with Gasteiger partial charge in [0, 0.05) is 34.7 Å². The fraction of sp³-hybridized carbons (Fsp3) is 0.444. The number of nitrogens with one attached hydrogen (secondary N) is 2. The molecule has 4 rings (SSSR count). The van der Waals surface area contributed by atoms with Crippen molar-refractivity contribution >= 4 is 22.5 Å². The van der Waals surface area contributed by atoms with E-state index in [-0.39, 0.29) is 11.7 Å². The number of hydrogen-bond donors (Lipinski definition) is 2. The topological polar surface area (TPSA) is 48.1 Å². The summed E-state index contributed by atoms with van der Waals surface area (Å²) in [6.07, 6.45) is 5.20. The van der Waals surface area contributed by atoms with Crippen LogP contribution in [0.3, 0.4) is 0 Å². The molecule has 1 aliphatic heterocycles. The lowest BCUT2D eigenvalue weighted by molar-refractivity contribution is -0.123. The fourth-order valence-corrected chi connectivity index (χ4v) is 4.54. The van der Waals surface area contributed by atoms with Crippen molar-refractivity contribution in [2.45, 2.75) is 52.9 Å². The predicted octanol–water partition coefficient (Wildman–Crippen LogP) is 6.02. The summed E-state index contributed by atoms with van der Waals surface area (Å²) in [5.41, 5.74) is 5.26. The van der Waals surface area contributed by atoms with Crippen LogP contribution < -0.4 is 5.32 Å². The number of nitrogens with zero attached hydrogens (tertiary/aromatic N) is 1. The van der Waals surface area contributed by atoms with E-state index in [1.807, 2.05) is 32.9 Å².